The fraction of sp³-hybridized carbons (Fsp3) is 0.143. The lowest BCUT2D eigenvalue weighted by atomic mass is 10.2. The molecule has 0 bridgehead atoms. The lowest BCUT2D eigenvalue weighted by Crippen LogP contribution is -2.19. The van der Waals surface area contributed by atoms with Crippen LogP contribution in [0.25, 0.3) is 0 Å². The van der Waals surface area contributed by atoms with Crippen LogP contribution >= 0.6 is 15.9 Å². The third-order valence-electron chi connectivity index (χ3n) is 2.88. The van der Waals surface area contributed by atoms with Crippen molar-refractivity contribution >= 4 is 31.6 Å². The number of hydrogen-bond acceptors (Lipinski definition) is 4. The van der Waals surface area contributed by atoms with Gasteiger partial charge in [-0.25, -0.2) is 13.1 Å². The van der Waals surface area contributed by atoms with Crippen LogP contribution in [0.15, 0.2) is 45.8 Å². The summed E-state index contributed by atoms with van der Waals surface area (Å²) in [6.45, 7) is 1.92. The van der Waals surface area contributed by atoms with Gasteiger partial charge >= 0.3 is 0 Å². The molecule has 0 aromatic heterocycles. The quantitative estimate of drug-likeness (QED) is 0.810. The van der Waals surface area contributed by atoms with Gasteiger partial charge in [-0.3, -0.25) is 0 Å². The second-order valence-corrected chi connectivity index (χ2v) is 7.14. The Labute approximate surface area is 132 Å². The highest BCUT2D eigenvalue weighted by molar-refractivity contribution is 9.10. The first-order chi connectivity index (χ1) is 9.83. The molecule has 112 valence electrons. The van der Waals surface area contributed by atoms with Crippen molar-refractivity contribution in [3.63, 3.8) is 0 Å². The average molecular weight is 371 g/mol. The Hall–Kier alpha value is -1.57. The fourth-order valence-electron chi connectivity index (χ4n) is 1.74. The first-order valence-electron chi connectivity index (χ1n) is 6.10. The van der Waals surface area contributed by atoms with Crippen LogP contribution < -0.4 is 15.2 Å². The zero-order chi connectivity index (χ0) is 15.6. The standard InChI is InChI=1S/C14H15BrN2O3S/c1-9-7-11(4-5-12(9)15)20-13-6-3-10(16)8-14(13)21(18,19)17-2/h3-8,17H,16H2,1-2H3. The summed E-state index contributed by atoms with van der Waals surface area (Å²) in [4.78, 5) is 0.00516. The predicted molar refractivity (Wildman–Crippen MR) is 86.1 cm³/mol. The Morgan fingerprint density at radius 1 is 1.19 bits per heavy atom. The van der Waals surface area contributed by atoms with Crippen molar-refractivity contribution in [2.75, 3.05) is 12.8 Å². The van der Waals surface area contributed by atoms with Gasteiger partial charge in [-0.05, 0) is 55.9 Å². The molecule has 0 saturated heterocycles. The number of hydrogen-bond donors (Lipinski definition) is 2. The summed E-state index contributed by atoms with van der Waals surface area (Å²) in [5.41, 5.74) is 7.00. The van der Waals surface area contributed by atoms with Crippen LogP contribution in [0.4, 0.5) is 5.69 Å². The van der Waals surface area contributed by atoms with Crippen molar-refractivity contribution in [1.82, 2.24) is 4.72 Å². The number of halogens is 1. The molecule has 0 radical (unpaired) electrons. The number of nitrogen functional groups attached to an aromatic ring is 1. The van der Waals surface area contributed by atoms with Gasteiger partial charge in [-0.2, -0.15) is 0 Å². The zero-order valence-corrected chi connectivity index (χ0v) is 14.0. The predicted octanol–water partition coefficient (Wildman–Crippen LogP) is 3.04. The summed E-state index contributed by atoms with van der Waals surface area (Å²) in [7, 11) is -2.31. The molecule has 0 amide bonds. The maximum Gasteiger partial charge on any atom is 0.244 e. The van der Waals surface area contributed by atoms with Crippen molar-refractivity contribution in [2.24, 2.45) is 0 Å². The molecule has 0 fully saturated rings. The Balaban J connectivity index is 2.47. The van der Waals surface area contributed by atoms with Gasteiger partial charge in [0.15, 0.2) is 0 Å². The molecule has 0 unspecified atom stereocenters. The van der Waals surface area contributed by atoms with E-state index in [2.05, 4.69) is 20.7 Å². The fourth-order valence-corrected chi connectivity index (χ4v) is 2.87. The number of benzene rings is 2. The Kier molecular flexibility index (Phi) is 4.55. The van der Waals surface area contributed by atoms with E-state index in [1.807, 2.05) is 19.1 Å². The van der Waals surface area contributed by atoms with Crippen LogP contribution in [0, 0.1) is 6.92 Å². The van der Waals surface area contributed by atoms with Gasteiger partial charge < -0.3 is 10.5 Å². The third-order valence-corrected chi connectivity index (χ3v) is 5.21. The van der Waals surface area contributed by atoms with E-state index in [0.717, 1.165) is 10.0 Å². The first kappa shape index (κ1) is 15.8. The minimum absolute atomic E-state index is 0.00516. The second-order valence-electron chi connectivity index (χ2n) is 4.43. The molecular weight excluding hydrogens is 356 g/mol. The molecule has 7 heteroatoms. The normalized spacial score (nSPS) is 11.4. The minimum Gasteiger partial charge on any atom is -0.456 e. The summed E-state index contributed by atoms with van der Waals surface area (Å²) in [5, 5.41) is 0. The van der Waals surface area contributed by atoms with E-state index < -0.39 is 10.0 Å². The van der Waals surface area contributed by atoms with Crippen molar-refractivity contribution in [2.45, 2.75) is 11.8 Å². The van der Waals surface area contributed by atoms with Crippen LogP contribution in [0.5, 0.6) is 11.5 Å². The van der Waals surface area contributed by atoms with Gasteiger partial charge in [0.25, 0.3) is 0 Å². The van der Waals surface area contributed by atoms with Gasteiger partial charge in [-0.15, -0.1) is 0 Å². The lowest BCUT2D eigenvalue weighted by molar-refractivity contribution is 0.466. The summed E-state index contributed by atoms with van der Waals surface area (Å²) in [6.07, 6.45) is 0. The molecule has 0 aliphatic carbocycles. The maximum absolute atomic E-state index is 12.0. The van der Waals surface area contributed by atoms with Crippen LogP contribution in [-0.2, 0) is 10.0 Å². The van der Waals surface area contributed by atoms with Gasteiger partial charge in [0.05, 0.1) is 0 Å². The van der Waals surface area contributed by atoms with E-state index in [1.54, 1.807) is 12.1 Å². The zero-order valence-electron chi connectivity index (χ0n) is 11.6. The van der Waals surface area contributed by atoms with Crippen LogP contribution in [0.3, 0.4) is 0 Å². The van der Waals surface area contributed by atoms with Crippen molar-refractivity contribution < 1.29 is 13.2 Å². The molecule has 5 nitrogen and oxygen atoms in total. The van der Waals surface area contributed by atoms with Gasteiger partial charge in [0.2, 0.25) is 10.0 Å². The number of aryl methyl sites for hydroxylation is 1. The third kappa shape index (κ3) is 3.55. The average Bonchev–Trinajstić information content (AvgIpc) is 2.44. The number of nitrogens with one attached hydrogen (secondary N) is 1. The van der Waals surface area contributed by atoms with Crippen LogP contribution in [0.1, 0.15) is 5.56 Å². The van der Waals surface area contributed by atoms with Gasteiger partial charge in [0, 0.05) is 10.2 Å². The highest BCUT2D eigenvalue weighted by Gasteiger charge is 2.19. The molecule has 3 N–H and O–H groups in total. The Bertz CT molecular complexity index is 776. The van der Waals surface area contributed by atoms with E-state index in [9.17, 15) is 8.42 Å². The molecule has 0 saturated carbocycles. The monoisotopic (exact) mass is 370 g/mol. The summed E-state index contributed by atoms with van der Waals surface area (Å²) < 4.78 is 33.0. The largest absolute Gasteiger partial charge is 0.456 e. The van der Waals surface area contributed by atoms with Crippen molar-refractivity contribution in [3.8, 4) is 11.5 Å². The second kappa shape index (κ2) is 6.05. The van der Waals surface area contributed by atoms with E-state index in [-0.39, 0.29) is 10.6 Å². The SMILES string of the molecule is CNS(=O)(=O)c1cc(N)ccc1Oc1ccc(Br)c(C)c1. The summed E-state index contributed by atoms with van der Waals surface area (Å²) >= 11 is 3.40. The first-order valence-corrected chi connectivity index (χ1v) is 8.38. The number of sulfonamides is 1. The molecule has 2 aromatic rings. The van der Waals surface area contributed by atoms with Gasteiger partial charge in [-0.1, -0.05) is 15.9 Å². The number of rotatable bonds is 4. The van der Waals surface area contributed by atoms with Crippen molar-refractivity contribution in [3.05, 3.63) is 46.4 Å². The van der Waals surface area contributed by atoms with Crippen LogP contribution in [-0.4, -0.2) is 15.5 Å². The molecule has 0 atom stereocenters. The number of anilines is 1. The molecular formula is C14H15BrN2O3S. The topological polar surface area (TPSA) is 81.4 Å². The summed E-state index contributed by atoms with van der Waals surface area (Å²) in [6, 6.07) is 9.91. The van der Waals surface area contributed by atoms with Crippen LogP contribution in [0.2, 0.25) is 0 Å². The maximum atomic E-state index is 12.0. The minimum atomic E-state index is -3.65. The molecule has 0 spiro atoms. The van der Waals surface area contributed by atoms with E-state index >= 15 is 0 Å². The van der Waals surface area contributed by atoms with E-state index in [4.69, 9.17) is 10.5 Å². The van der Waals surface area contributed by atoms with E-state index in [1.165, 1.54) is 19.2 Å². The summed E-state index contributed by atoms with van der Waals surface area (Å²) in [5.74, 6) is 0.772. The molecule has 0 aliphatic rings. The molecule has 2 aromatic carbocycles. The smallest absolute Gasteiger partial charge is 0.244 e. The molecule has 0 heterocycles. The molecule has 0 aliphatic heterocycles. The number of nitrogens with two attached hydrogens (primary N) is 1. The Morgan fingerprint density at radius 2 is 1.90 bits per heavy atom. The highest BCUT2D eigenvalue weighted by Crippen LogP contribution is 2.32. The molecule has 2 rings (SSSR count). The van der Waals surface area contributed by atoms with Crippen molar-refractivity contribution in [1.29, 1.82) is 0 Å². The number of ether oxygens (including phenoxy) is 1. The van der Waals surface area contributed by atoms with E-state index in [0.29, 0.717) is 11.4 Å². The van der Waals surface area contributed by atoms with Gasteiger partial charge in [0.1, 0.15) is 16.4 Å². The Morgan fingerprint density at radius 3 is 2.52 bits per heavy atom. The lowest BCUT2D eigenvalue weighted by Gasteiger charge is -2.12. The highest BCUT2D eigenvalue weighted by atomic mass is 79.9. The molecule has 21 heavy (non-hydrogen) atoms.